The number of oxazole rings is 1. The second-order valence-corrected chi connectivity index (χ2v) is 2.35. The van der Waals surface area contributed by atoms with Gasteiger partial charge in [-0.3, -0.25) is 0 Å². The van der Waals surface area contributed by atoms with Gasteiger partial charge in [0, 0.05) is 12.5 Å². The molecule has 0 aliphatic heterocycles. The molecule has 1 atom stereocenters. The van der Waals surface area contributed by atoms with Gasteiger partial charge in [-0.05, 0) is 6.42 Å². The fraction of sp³-hybridized carbons (Fsp3) is 0.571. The van der Waals surface area contributed by atoms with Gasteiger partial charge in [-0.15, -0.1) is 0 Å². The molecule has 0 saturated carbocycles. The SMILES string of the molecule is CCC(N)Cc1cocn1. The van der Waals surface area contributed by atoms with Crippen LogP contribution >= 0.6 is 0 Å². The zero-order valence-electron chi connectivity index (χ0n) is 6.08. The van der Waals surface area contributed by atoms with Crippen molar-refractivity contribution in [3.05, 3.63) is 18.4 Å². The highest BCUT2D eigenvalue weighted by Gasteiger charge is 2.02. The number of aromatic nitrogens is 1. The van der Waals surface area contributed by atoms with Crippen LogP contribution < -0.4 is 5.73 Å². The van der Waals surface area contributed by atoms with Gasteiger partial charge in [-0.2, -0.15) is 0 Å². The highest BCUT2D eigenvalue weighted by Crippen LogP contribution is 1.99. The van der Waals surface area contributed by atoms with Gasteiger partial charge in [0.2, 0.25) is 0 Å². The minimum atomic E-state index is 0.213. The Labute approximate surface area is 60.2 Å². The molecule has 0 fully saturated rings. The fourth-order valence-corrected chi connectivity index (χ4v) is 0.751. The van der Waals surface area contributed by atoms with Crippen LogP contribution in [0.15, 0.2) is 17.1 Å². The summed E-state index contributed by atoms with van der Waals surface area (Å²) in [6.07, 6.45) is 4.85. The second-order valence-electron chi connectivity index (χ2n) is 2.35. The van der Waals surface area contributed by atoms with Crippen molar-refractivity contribution in [2.24, 2.45) is 5.73 Å². The largest absolute Gasteiger partial charge is 0.451 e. The fourth-order valence-electron chi connectivity index (χ4n) is 0.751. The van der Waals surface area contributed by atoms with Gasteiger partial charge < -0.3 is 10.2 Å². The summed E-state index contributed by atoms with van der Waals surface area (Å²) >= 11 is 0. The molecule has 0 aliphatic carbocycles. The predicted octanol–water partition coefficient (Wildman–Crippen LogP) is 0.954. The Balaban J connectivity index is 2.40. The lowest BCUT2D eigenvalue weighted by atomic mass is 10.1. The predicted molar refractivity (Wildman–Crippen MR) is 38.5 cm³/mol. The highest BCUT2D eigenvalue weighted by atomic mass is 16.3. The Bertz CT molecular complexity index is 172. The van der Waals surface area contributed by atoms with Crippen molar-refractivity contribution in [2.75, 3.05) is 0 Å². The molecule has 3 nitrogen and oxygen atoms in total. The third-order valence-corrected chi connectivity index (χ3v) is 1.48. The number of hydrogen-bond acceptors (Lipinski definition) is 3. The van der Waals surface area contributed by atoms with Crippen LogP contribution in [0.5, 0.6) is 0 Å². The van der Waals surface area contributed by atoms with E-state index in [1.165, 1.54) is 6.39 Å². The maximum atomic E-state index is 5.68. The molecule has 0 radical (unpaired) electrons. The van der Waals surface area contributed by atoms with Gasteiger partial charge in [0.1, 0.15) is 6.26 Å². The molecule has 0 bridgehead atoms. The average molecular weight is 140 g/mol. The first-order chi connectivity index (χ1) is 4.83. The Morgan fingerprint density at radius 3 is 3.10 bits per heavy atom. The summed E-state index contributed by atoms with van der Waals surface area (Å²) < 4.78 is 4.79. The molecule has 0 aliphatic rings. The number of nitrogens with two attached hydrogens (primary N) is 1. The van der Waals surface area contributed by atoms with Crippen molar-refractivity contribution < 1.29 is 4.42 Å². The lowest BCUT2D eigenvalue weighted by molar-refractivity contribution is 0.554. The molecular formula is C7H12N2O. The van der Waals surface area contributed by atoms with Gasteiger partial charge in [-0.25, -0.2) is 4.98 Å². The normalized spacial score (nSPS) is 13.4. The van der Waals surface area contributed by atoms with Crippen molar-refractivity contribution in [1.82, 2.24) is 4.98 Å². The summed E-state index contributed by atoms with van der Waals surface area (Å²) in [6, 6.07) is 0.213. The number of hydrogen-bond donors (Lipinski definition) is 1. The zero-order valence-corrected chi connectivity index (χ0v) is 6.08. The first kappa shape index (κ1) is 7.28. The summed E-state index contributed by atoms with van der Waals surface area (Å²) in [5.74, 6) is 0. The van der Waals surface area contributed by atoms with E-state index in [4.69, 9.17) is 10.2 Å². The number of rotatable bonds is 3. The van der Waals surface area contributed by atoms with E-state index < -0.39 is 0 Å². The molecule has 0 spiro atoms. The topological polar surface area (TPSA) is 52.0 Å². The first-order valence-electron chi connectivity index (χ1n) is 3.45. The van der Waals surface area contributed by atoms with Gasteiger partial charge in [0.15, 0.2) is 6.39 Å². The van der Waals surface area contributed by atoms with E-state index in [1.54, 1.807) is 6.26 Å². The zero-order chi connectivity index (χ0) is 7.40. The van der Waals surface area contributed by atoms with Crippen molar-refractivity contribution >= 4 is 0 Å². The van der Waals surface area contributed by atoms with E-state index in [0.717, 1.165) is 18.5 Å². The van der Waals surface area contributed by atoms with Crippen LogP contribution in [0.25, 0.3) is 0 Å². The highest BCUT2D eigenvalue weighted by molar-refractivity contribution is 4.93. The van der Waals surface area contributed by atoms with Crippen molar-refractivity contribution in [2.45, 2.75) is 25.8 Å². The maximum absolute atomic E-state index is 5.68. The van der Waals surface area contributed by atoms with E-state index in [0.29, 0.717) is 0 Å². The van der Waals surface area contributed by atoms with Crippen molar-refractivity contribution in [3.63, 3.8) is 0 Å². The molecule has 2 N–H and O–H groups in total. The molecule has 10 heavy (non-hydrogen) atoms. The van der Waals surface area contributed by atoms with Gasteiger partial charge in [0.25, 0.3) is 0 Å². The molecule has 1 unspecified atom stereocenters. The second kappa shape index (κ2) is 3.37. The molecule has 56 valence electrons. The summed E-state index contributed by atoms with van der Waals surface area (Å²) in [5.41, 5.74) is 6.62. The third-order valence-electron chi connectivity index (χ3n) is 1.48. The summed E-state index contributed by atoms with van der Waals surface area (Å²) in [7, 11) is 0. The Morgan fingerprint density at radius 1 is 1.80 bits per heavy atom. The van der Waals surface area contributed by atoms with E-state index in [1.807, 2.05) is 0 Å². The summed E-state index contributed by atoms with van der Waals surface area (Å²) in [4.78, 5) is 3.96. The van der Waals surface area contributed by atoms with Crippen molar-refractivity contribution in [1.29, 1.82) is 0 Å². The summed E-state index contributed by atoms with van der Waals surface area (Å²) in [5, 5.41) is 0. The molecule has 1 rings (SSSR count). The van der Waals surface area contributed by atoms with Gasteiger partial charge in [0.05, 0.1) is 5.69 Å². The van der Waals surface area contributed by atoms with Crippen LogP contribution in [0.4, 0.5) is 0 Å². The molecule has 1 aromatic heterocycles. The lowest BCUT2D eigenvalue weighted by Crippen LogP contribution is -2.21. The Hall–Kier alpha value is -0.830. The van der Waals surface area contributed by atoms with Crippen LogP contribution in [0, 0.1) is 0 Å². The minimum Gasteiger partial charge on any atom is -0.451 e. The Morgan fingerprint density at radius 2 is 2.60 bits per heavy atom. The molecule has 3 heteroatoms. The third kappa shape index (κ3) is 1.84. The van der Waals surface area contributed by atoms with Crippen LogP contribution in [0.3, 0.4) is 0 Å². The van der Waals surface area contributed by atoms with E-state index in [-0.39, 0.29) is 6.04 Å². The molecule has 0 saturated heterocycles. The molecular weight excluding hydrogens is 128 g/mol. The quantitative estimate of drug-likeness (QED) is 0.680. The summed E-state index contributed by atoms with van der Waals surface area (Å²) in [6.45, 7) is 2.06. The smallest absolute Gasteiger partial charge is 0.180 e. The molecule has 0 aromatic carbocycles. The first-order valence-corrected chi connectivity index (χ1v) is 3.45. The van der Waals surface area contributed by atoms with Gasteiger partial charge >= 0.3 is 0 Å². The van der Waals surface area contributed by atoms with Crippen LogP contribution in [-0.2, 0) is 6.42 Å². The van der Waals surface area contributed by atoms with Crippen LogP contribution in [0.2, 0.25) is 0 Å². The minimum absolute atomic E-state index is 0.213. The standard InChI is InChI=1S/C7H12N2O/c1-2-6(8)3-7-4-10-5-9-7/h4-6H,2-3,8H2,1H3. The van der Waals surface area contributed by atoms with E-state index in [2.05, 4.69) is 11.9 Å². The molecule has 1 aromatic rings. The number of nitrogens with zero attached hydrogens (tertiary/aromatic N) is 1. The van der Waals surface area contributed by atoms with Crippen LogP contribution in [-0.4, -0.2) is 11.0 Å². The molecule has 1 heterocycles. The van der Waals surface area contributed by atoms with E-state index >= 15 is 0 Å². The van der Waals surface area contributed by atoms with Crippen LogP contribution in [0.1, 0.15) is 19.0 Å². The molecule has 0 amide bonds. The lowest BCUT2D eigenvalue weighted by Gasteiger charge is -2.03. The van der Waals surface area contributed by atoms with Crippen molar-refractivity contribution in [3.8, 4) is 0 Å². The van der Waals surface area contributed by atoms with E-state index in [9.17, 15) is 0 Å². The maximum Gasteiger partial charge on any atom is 0.180 e. The van der Waals surface area contributed by atoms with Gasteiger partial charge in [-0.1, -0.05) is 6.92 Å². The average Bonchev–Trinajstić information content (AvgIpc) is 2.40. The Kier molecular flexibility index (Phi) is 2.45. The monoisotopic (exact) mass is 140 g/mol.